The van der Waals surface area contributed by atoms with Gasteiger partial charge in [0.1, 0.15) is 5.69 Å². The minimum atomic E-state index is -0.158. The summed E-state index contributed by atoms with van der Waals surface area (Å²) in [5.41, 5.74) is 5.97. The van der Waals surface area contributed by atoms with Crippen molar-refractivity contribution in [1.29, 1.82) is 0 Å². The molecule has 7 heteroatoms. The van der Waals surface area contributed by atoms with E-state index in [2.05, 4.69) is 33.7 Å². The number of amides is 2. The Labute approximate surface area is 281 Å². The van der Waals surface area contributed by atoms with E-state index in [0.717, 1.165) is 64.8 Å². The minimum Gasteiger partial charge on any atom is -0.337 e. The highest BCUT2D eigenvalue weighted by atomic mass is 35.5. The first kappa shape index (κ1) is 30.0. The van der Waals surface area contributed by atoms with Crippen molar-refractivity contribution in [1.82, 2.24) is 14.4 Å². The van der Waals surface area contributed by atoms with Crippen LogP contribution in [0.3, 0.4) is 0 Å². The van der Waals surface area contributed by atoms with Crippen molar-refractivity contribution in [3.05, 3.63) is 125 Å². The molecule has 0 radical (unpaired) electrons. The average Bonchev–Trinajstić information content (AvgIpc) is 3.44. The molecule has 0 saturated carbocycles. The van der Waals surface area contributed by atoms with Crippen molar-refractivity contribution in [2.75, 3.05) is 31.1 Å². The summed E-state index contributed by atoms with van der Waals surface area (Å²) in [5, 5.41) is 2.72. The normalized spacial score (nSPS) is 17.3. The van der Waals surface area contributed by atoms with Crippen LogP contribution in [0.1, 0.15) is 64.2 Å². The maximum Gasteiger partial charge on any atom is 0.270 e. The van der Waals surface area contributed by atoms with E-state index in [4.69, 9.17) is 11.6 Å². The Kier molecular flexibility index (Phi) is 8.08. The number of nitrogens with zero attached hydrogens (tertiary/aromatic N) is 4. The number of carbonyl (C=O) groups excluding carboxylic acids is 2. The van der Waals surface area contributed by atoms with E-state index in [0.29, 0.717) is 35.4 Å². The Morgan fingerprint density at radius 1 is 0.702 bits per heavy atom. The SMILES string of the molecule is O=C(c1ccc2n1Cc1ccccc1N(C(=O)c1ccc(-c3cccc4ccccc34)cc1Cl)C2)N1CCC(N2CCCCC2)CC1. The van der Waals surface area contributed by atoms with Crippen molar-refractivity contribution in [3.63, 3.8) is 0 Å². The largest absolute Gasteiger partial charge is 0.337 e. The first-order valence-electron chi connectivity index (χ1n) is 16.9. The number of likely N-dealkylation sites (tertiary alicyclic amines) is 2. The van der Waals surface area contributed by atoms with Gasteiger partial charge in [-0.25, -0.2) is 0 Å². The van der Waals surface area contributed by atoms with Crippen LogP contribution in [0.25, 0.3) is 21.9 Å². The van der Waals surface area contributed by atoms with E-state index in [9.17, 15) is 9.59 Å². The molecule has 1 aromatic heterocycles. The lowest BCUT2D eigenvalue weighted by Gasteiger charge is -2.40. The molecule has 0 bridgehead atoms. The first-order valence-corrected chi connectivity index (χ1v) is 17.3. The first-order chi connectivity index (χ1) is 23.0. The van der Waals surface area contributed by atoms with Crippen LogP contribution < -0.4 is 4.90 Å². The second-order valence-electron chi connectivity index (χ2n) is 13.2. The summed E-state index contributed by atoms with van der Waals surface area (Å²) in [5.74, 6) is -0.0769. The third-order valence-electron chi connectivity index (χ3n) is 10.4. The number of halogens is 1. The molecule has 3 aliphatic rings. The second kappa shape index (κ2) is 12.7. The zero-order chi connectivity index (χ0) is 31.9. The third-order valence-corrected chi connectivity index (χ3v) is 10.7. The van der Waals surface area contributed by atoms with E-state index in [1.807, 2.05) is 82.6 Å². The zero-order valence-corrected chi connectivity index (χ0v) is 27.3. The topological polar surface area (TPSA) is 48.8 Å². The Hall–Kier alpha value is -4.39. The van der Waals surface area contributed by atoms with Crippen LogP contribution in [-0.2, 0) is 13.1 Å². The fourth-order valence-electron chi connectivity index (χ4n) is 7.89. The van der Waals surface area contributed by atoms with Crippen molar-refractivity contribution >= 4 is 39.9 Å². The Morgan fingerprint density at radius 3 is 2.30 bits per heavy atom. The molecule has 2 amide bonds. The van der Waals surface area contributed by atoms with Gasteiger partial charge in [0.25, 0.3) is 11.8 Å². The van der Waals surface area contributed by atoms with E-state index in [1.54, 1.807) is 0 Å². The van der Waals surface area contributed by atoms with E-state index >= 15 is 0 Å². The monoisotopic (exact) mass is 642 g/mol. The van der Waals surface area contributed by atoms with Crippen LogP contribution in [0.15, 0.2) is 97.1 Å². The lowest BCUT2D eigenvalue weighted by atomic mass is 9.97. The highest BCUT2D eigenvalue weighted by Gasteiger charge is 2.32. The van der Waals surface area contributed by atoms with Gasteiger partial charge in [0.2, 0.25) is 0 Å². The molecular formula is C40H39ClN4O2. The standard InChI is InChI=1S/C40H39ClN4O2/c41-36-25-29(34-13-8-11-28-9-2-4-12-33(28)34)15-17-35(36)39(46)45-27-32-16-18-38(44(32)26-30-10-3-5-14-37(30)45)40(47)43-23-19-31(20-24-43)42-21-6-1-7-22-42/h2-5,8-18,25,31H,1,6-7,19-24,26-27H2. The molecule has 2 saturated heterocycles. The van der Waals surface area contributed by atoms with Gasteiger partial charge < -0.3 is 19.3 Å². The molecule has 0 aliphatic carbocycles. The quantitative estimate of drug-likeness (QED) is 0.198. The number of hydrogen-bond acceptors (Lipinski definition) is 3. The molecule has 8 rings (SSSR count). The van der Waals surface area contributed by atoms with E-state index in [-0.39, 0.29) is 11.8 Å². The fourth-order valence-corrected chi connectivity index (χ4v) is 8.15. The number of hydrogen-bond donors (Lipinski definition) is 0. The lowest BCUT2D eigenvalue weighted by Crippen LogP contribution is -2.48. The molecule has 0 atom stereocenters. The molecular weight excluding hydrogens is 604 g/mol. The number of fused-ring (bicyclic) bond motifs is 3. The van der Waals surface area contributed by atoms with Gasteiger partial charge in [-0.3, -0.25) is 9.59 Å². The molecule has 4 aromatic carbocycles. The van der Waals surface area contributed by atoms with Gasteiger partial charge in [-0.1, -0.05) is 84.8 Å². The summed E-state index contributed by atoms with van der Waals surface area (Å²) in [6.07, 6.45) is 5.98. The molecule has 238 valence electrons. The number of aromatic nitrogens is 1. The summed E-state index contributed by atoms with van der Waals surface area (Å²) in [6.45, 7) is 4.84. The maximum atomic E-state index is 14.3. The van der Waals surface area contributed by atoms with Crippen LogP contribution in [0, 0.1) is 0 Å². The number of rotatable bonds is 4. The van der Waals surface area contributed by atoms with Crippen molar-refractivity contribution in [3.8, 4) is 11.1 Å². The lowest BCUT2D eigenvalue weighted by molar-refractivity contribution is 0.0580. The number of anilines is 1. The predicted octanol–water partition coefficient (Wildman–Crippen LogP) is 8.26. The zero-order valence-electron chi connectivity index (χ0n) is 26.6. The molecule has 5 aromatic rings. The Morgan fingerprint density at radius 2 is 1.47 bits per heavy atom. The molecule has 0 spiro atoms. The second-order valence-corrected chi connectivity index (χ2v) is 13.6. The third kappa shape index (κ3) is 5.64. The van der Waals surface area contributed by atoms with E-state index in [1.165, 1.54) is 32.4 Å². The van der Waals surface area contributed by atoms with Gasteiger partial charge in [0, 0.05) is 30.5 Å². The summed E-state index contributed by atoms with van der Waals surface area (Å²) < 4.78 is 2.11. The number of carbonyl (C=O) groups is 2. The fraction of sp³-hybridized carbons (Fsp3) is 0.300. The average molecular weight is 643 g/mol. The summed E-state index contributed by atoms with van der Waals surface area (Å²) in [6, 6.07) is 32.8. The van der Waals surface area contributed by atoms with Crippen LogP contribution in [-0.4, -0.2) is 58.4 Å². The van der Waals surface area contributed by atoms with Gasteiger partial charge in [0.15, 0.2) is 0 Å². The highest BCUT2D eigenvalue weighted by molar-refractivity contribution is 6.35. The van der Waals surface area contributed by atoms with Crippen LogP contribution >= 0.6 is 11.6 Å². The van der Waals surface area contributed by atoms with Gasteiger partial charge in [-0.15, -0.1) is 0 Å². The molecule has 3 aliphatic heterocycles. The Bertz CT molecular complexity index is 1960. The molecule has 0 unspecified atom stereocenters. The summed E-state index contributed by atoms with van der Waals surface area (Å²) >= 11 is 6.90. The molecule has 2 fully saturated rings. The smallest absolute Gasteiger partial charge is 0.270 e. The molecule has 0 N–H and O–H groups in total. The van der Waals surface area contributed by atoms with Crippen molar-refractivity contribution in [2.45, 2.75) is 51.2 Å². The summed E-state index contributed by atoms with van der Waals surface area (Å²) in [4.78, 5) is 34.7. The van der Waals surface area contributed by atoms with Gasteiger partial charge in [-0.05, 0) is 96.6 Å². The van der Waals surface area contributed by atoms with Gasteiger partial charge in [0.05, 0.1) is 23.7 Å². The van der Waals surface area contributed by atoms with Crippen LogP contribution in [0.5, 0.6) is 0 Å². The molecule has 47 heavy (non-hydrogen) atoms. The van der Waals surface area contributed by atoms with Crippen LogP contribution in [0.4, 0.5) is 5.69 Å². The van der Waals surface area contributed by atoms with Crippen LogP contribution in [0.2, 0.25) is 5.02 Å². The maximum absolute atomic E-state index is 14.3. The number of piperidine rings is 2. The predicted molar refractivity (Wildman–Crippen MR) is 189 cm³/mol. The van der Waals surface area contributed by atoms with Gasteiger partial charge in [-0.2, -0.15) is 0 Å². The van der Waals surface area contributed by atoms with Gasteiger partial charge >= 0.3 is 0 Å². The number of benzene rings is 4. The number of para-hydroxylation sites is 1. The van der Waals surface area contributed by atoms with Crippen molar-refractivity contribution in [2.24, 2.45) is 0 Å². The minimum absolute atomic E-state index is 0.0812. The Balaban J connectivity index is 1.06. The molecule has 6 nitrogen and oxygen atoms in total. The highest BCUT2D eigenvalue weighted by Crippen LogP contribution is 2.35. The van der Waals surface area contributed by atoms with Crippen molar-refractivity contribution < 1.29 is 9.59 Å². The van der Waals surface area contributed by atoms with E-state index < -0.39 is 0 Å². The summed E-state index contributed by atoms with van der Waals surface area (Å²) in [7, 11) is 0. The molecule has 4 heterocycles.